The van der Waals surface area contributed by atoms with Gasteiger partial charge in [-0.15, -0.1) is 0 Å². The predicted octanol–water partition coefficient (Wildman–Crippen LogP) is 4.30. The molecule has 2 aliphatic heterocycles. The molecule has 1 aromatic heterocycles. The van der Waals surface area contributed by atoms with Gasteiger partial charge in [0.1, 0.15) is 4.53 Å². The van der Waals surface area contributed by atoms with Crippen LogP contribution in [0.5, 0.6) is 11.5 Å². The maximum Gasteiger partial charge on any atom is 0.338 e. The lowest BCUT2D eigenvalue weighted by Crippen LogP contribution is -2.41. The number of thiazole rings is 1. The molecule has 6 rings (SSSR count). The molecule has 4 aromatic rings. The van der Waals surface area contributed by atoms with E-state index in [2.05, 4.69) is 4.99 Å². The number of anilines is 1. The third-order valence-corrected chi connectivity index (χ3v) is 8.96. The van der Waals surface area contributed by atoms with Crippen LogP contribution in [0.25, 0.3) is 5.57 Å². The highest BCUT2D eigenvalue weighted by Crippen LogP contribution is 2.38. The van der Waals surface area contributed by atoms with Crippen molar-refractivity contribution in [1.29, 1.82) is 0 Å². The van der Waals surface area contributed by atoms with E-state index < -0.39 is 23.5 Å². The van der Waals surface area contributed by atoms with Crippen LogP contribution in [-0.4, -0.2) is 36.1 Å². The minimum atomic E-state index is -0.971. The number of amides is 1. The highest BCUT2D eigenvalue weighted by molar-refractivity contribution is 7.07. The molecule has 0 saturated heterocycles. The van der Waals surface area contributed by atoms with Crippen LogP contribution < -0.4 is 29.3 Å². The molecular formula is C34H28ClN3O7S. The predicted molar refractivity (Wildman–Crippen MR) is 173 cm³/mol. The van der Waals surface area contributed by atoms with E-state index in [1.807, 2.05) is 36.4 Å². The van der Waals surface area contributed by atoms with Crippen LogP contribution >= 0.6 is 22.9 Å². The Morgan fingerprint density at radius 3 is 2.46 bits per heavy atom. The maximum absolute atomic E-state index is 14.5. The first-order valence-corrected chi connectivity index (χ1v) is 15.6. The highest BCUT2D eigenvalue weighted by Gasteiger charge is 2.37. The fourth-order valence-corrected chi connectivity index (χ4v) is 6.94. The van der Waals surface area contributed by atoms with Gasteiger partial charge in [-0.1, -0.05) is 59.3 Å². The molecule has 0 saturated carbocycles. The average molecular weight is 658 g/mol. The molecule has 10 nitrogen and oxygen atoms in total. The van der Waals surface area contributed by atoms with E-state index in [-0.39, 0.29) is 46.2 Å². The number of rotatable bonds is 7. The Bertz CT molecular complexity index is 2130. The van der Waals surface area contributed by atoms with Gasteiger partial charge in [0.25, 0.3) is 11.5 Å². The fraction of sp³-hybridized carbons (Fsp3) is 0.206. The molecule has 1 atom stereocenters. The summed E-state index contributed by atoms with van der Waals surface area (Å²) in [6, 6.07) is 18.4. The van der Waals surface area contributed by atoms with E-state index in [0.29, 0.717) is 32.3 Å². The number of benzene rings is 3. The number of allylic oxidation sites excluding steroid dienone is 1. The zero-order valence-corrected chi connectivity index (χ0v) is 26.9. The summed E-state index contributed by atoms with van der Waals surface area (Å²) < 4.78 is 17.8. The number of hydrogen-bond donors (Lipinski definition) is 0. The van der Waals surface area contributed by atoms with Crippen molar-refractivity contribution in [3.63, 3.8) is 0 Å². The number of nitrogens with zero attached hydrogens (tertiary/aromatic N) is 3. The Morgan fingerprint density at radius 2 is 1.76 bits per heavy atom. The molecule has 1 unspecified atom stereocenters. The summed E-state index contributed by atoms with van der Waals surface area (Å²) in [6.07, 6.45) is 0. The number of ether oxygens (including phenoxy) is 3. The summed E-state index contributed by atoms with van der Waals surface area (Å²) in [6.45, 7) is 5.03. The highest BCUT2D eigenvalue weighted by atomic mass is 35.5. The number of esters is 2. The molecule has 3 aromatic carbocycles. The number of hydrogen-bond acceptors (Lipinski definition) is 9. The van der Waals surface area contributed by atoms with Gasteiger partial charge in [0, 0.05) is 17.5 Å². The van der Waals surface area contributed by atoms with Crippen LogP contribution in [0.4, 0.5) is 5.69 Å². The van der Waals surface area contributed by atoms with Gasteiger partial charge in [-0.25, -0.2) is 9.79 Å². The second-order valence-electron chi connectivity index (χ2n) is 10.5. The Kier molecular flexibility index (Phi) is 8.37. The number of para-hydroxylation sites is 1. The van der Waals surface area contributed by atoms with Crippen LogP contribution in [0, 0.1) is 0 Å². The van der Waals surface area contributed by atoms with E-state index in [1.54, 1.807) is 43.0 Å². The lowest BCUT2D eigenvalue weighted by Gasteiger charge is -2.25. The molecule has 12 heteroatoms. The van der Waals surface area contributed by atoms with Gasteiger partial charge >= 0.3 is 11.9 Å². The molecule has 0 spiro atoms. The summed E-state index contributed by atoms with van der Waals surface area (Å²) in [4.78, 5) is 60.2. The smallest absolute Gasteiger partial charge is 0.338 e. The zero-order valence-electron chi connectivity index (χ0n) is 25.3. The topological polar surface area (TPSA) is 117 Å². The fourth-order valence-electron chi connectivity index (χ4n) is 5.68. The van der Waals surface area contributed by atoms with Crippen molar-refractivity contribution in [2.75, 3.05) is 18.6 Å². The normalized spacial score (nSPS) is 16.5. The first-order chi connectivity index (χ1) is 22.1. The van der Waals surface area contributed by atoms with E-state index in [1.165, 1.54) is 24.7 Å². The van der Waals surface area contributed by atoms with E-state index in [4.69, 9.17) is 25.8 Å². The van der Waals surface area contributed by atoms with Crippen molar-refractivity contribution in [2.45, 2.75) is 33.4 Å². The largest absolute Gasteiger partial charge is 0.493 e. The standard InChI is InChI=1S/C34H28ClN3O7S/c1-5-44-33(42)27-18(2)36-34-38(29(27)21-12-15-25(45-19(3)39)26(16-21)43-4)32(41)30(46-34)28-23-8-6-7-9-24(23)37(31(28)40)17-20-10-13-22(35)14-11-20/h6-16,29H,5,17H2,1-4H3/b30-28-. The van der Waals surface area contributed by atoms with Crippen LogP contribution in [0.3, 0.4) is 0 Å². The zero-order chi connectivity index (χ0) is 32.7. The van der Waals surface area contributed by atoms with Crippen LogP contribution in [-0.2, 0) is 25.7 Å². The van der Waals surface area contributed by atoms with Crippen molar-refractivity contribution in [1.82, 2.24) is 4.57 Å². The van der Waals surface area contributed by atoms with E-state index in [9.17, 15) is 19.2 Å². The summed E-state index contributed by atoms with van der Waals surface area (Å²) in [7, 11) is 1.42. The Morgan fingerprint density at radius 1 is 1.02 bits per heavy atom. The third-order valence-electron chi connectivity index (χ3n) is 7.65. The molecule has 0 fully saturated rings. The number of carbonyl (C=O) groups is 3. The number of aromatic nitrogens is 1. The summed E-state index contributed by atoms with van der Waals surface area (Å²) in [5, 5.41) is 0.587. The summed E-state index contributed by atoms with van der Waals surface area (Å²) >= 11 is 7.16. The molecule has 0 bridgehead atoms. The van der Waals surface area contributed by atoms with Crippen molar-refractivity contribution in [3.8, 4) is 11.5 Å². The molecular weight excluding hydrogens is 630 g/mol. The lowest BCUT2D eigenvalue weighted by molar-refractivity contribution is -0.139. The summed E-state index contributed by atoms with van der Waals surface area (Å²) in [5.41, 5.74) is 2.96. The first-order valence-electron chi connectivity index (χ1n) is 14.4. The lowest BCUT2D eigenvalue weighted by atomic mass is 9.95. The molecule has 3 heterocycles. The monoisotopic (exact) mass is 657 g/mol. The second-order valence-corrected chi connectivity index (χ2v) is 12.0. The third kappa shape index (κ3) is 5.41. The molecule has 1 amide bonds. The Balaban J connectivity index is 1.56. The second kappa shape index (κ2) is 12.4. The number of halogens is 1. The van der Waals surface area contributed by atoms with E-state index >= 15 is 0 Å². The van der Waals surface area contributed by atoms with Gasteiger partial charge in [0.2, 0.25) is 0 Å². The van der Waals surface area contributed by atoms with Gasteiger partial charge in [-0.3, -0.25) is 19.0 Å². The van der Waals surface area contributed by atoms with Gasteiger partial charge < -0.3 is 19.1 Å². The summed E-state index contributed by atoms with van der Waals surface area (Å²) in [5.74, 6) is -1.08. The van der Waals surface area contributed by atoms with Gasteiger partial charge in [0.15, 0.2) is 16.3 Å². The molecule has 0 N–H and O–H groups in total. The van der Waals surface area contributed by atoms with Crippen molar-refractivity contribution in [2.24, 2.45) is 4.99 Å². The molecule has 46 heavy (non-hydrogen) atoms. The maximum atomic E-state index is 14.5. The molecule has 234 valence electrons. The van der Waals surface area contributed by atoms with Crippen LogP contribution in [0.1, 0.15) is 43.5 Å². The number of carbonyl (C=O) groups excluding carboxylic acids is 3. The number of methoxy groups -OCH3 is 1. The molecule has 0 radical (unpaired) electrons. The van der Waals surface area contributed by atoms with E-state index in [0.717, 1.165) is 16.9 Å². The molecule has 2 aliphatic rings. The SMILES string of the molecule is CCOC(=O)C1=C(C)N=c2s/c(=C3\C(=O)N(Cc4ccc(Cl)cc4)c4ccccc43)c(=O)n2C1c1ccc(OC(C)=O)c(OC)c1. The Hall–Kier alpha value is -5.00. The van der Waals surface area contributed by atoms with Crippen molar-refractivity contribution >= 4 is 52.0 Å². The Labute approximate surface area is 272 Å². The van der Waals surface area contributed by atoms with Gasteiger partial charge in [0.05, 0.1) is 48.8 Å². The van der Waals surface area contributed by atoms with Crippen molar-refractivity contribution < 1.29 is 28.6 Å². The van der Waals surface area contributed by atoms with Gasteiger partial charge in [-0.05, 0) is 55.3 Å². The quantitative estimate of drug-likeness (QED) is 0.215. The minimum Gasteiger partial charge on any atom is -0.493 e. The average Bonchev–Trinajstić information content (AvgIpc) is 3.49. The van der Waals surface area contributed by atoms with Crippen LogP contribution in [0.2, 0.25) is 5.02 Å². The van der Waals surface area contributed by atoms with Crippen LogP contribution in [0.15, 0.2) is 87.8 Å². The minimum absolute atomic E-state index is 0.111. The van der Waals surface area contributed by atoms with Gasteiger partial charge in [-0.2, -0.15) is 0 Å². The first kappa shape index (κ1) is 31.0. The number of fused-ring (bicyclic) bond motifs is 2. The molecule has 0 aliphatic carbocycles. The van der Waals surface area contributed by atoms with Crippen molar-refractivity contribution in [3.05, 3.63) is 119 Å².